The van der Waals surface area contributed by atoms with Gasteiger partial charge in [-0.3, -0.25) is 4.98 Å². The molecule has 0 aliphatic heterocycles. The molecule has 3 heteroatoms. The lowest BCUT2D eigenvalue weighted by molar-refractivity contribution is 0.823. The molecule has 0 aliphatic rings. The fraction of sp³-hybridized carbons (Fsp3) is 0.214. The van der Waals surface area contributed by atoms with Crippen molar-refractivity contribution in [3.63, 3.8) is 0 Å². The molecule has 0 bridgehead atoms. The molecule has 1 heterocycles. The van der Waals surface area contributed by atoms with E-state index in [-0.39, 0.29) is 0 Å². The van der Waals surface area contributed by atoms with Crippen LogP contribution < -0.4 is 0 Å². The minimum atomic E-state index is 0.330. The van der Waals surface area contributed by atoms with Gasteiger partial charge in [-0.1, -0.05) is 49.2 Å². The van der Waals surface area contributed by atoms with Gasteiger partial charge in [0.2, 0.25) is 0 Å². The third kappa shape index (κ3) is 2.80. The van der Waals surface area contributed by atoms with Gasteiger partial charge in [0.1, 0.15) is 0 Å². The van der Waals surface area contributed by atoms with Gasteiger partial charge in [0.25, 0.3) is 0 Å². The molecule has 2 aromatic rings. The molecule has 0 aliphatic carbocycles. The Bertz CT molecular complexity index is 535. The second kappa shape index (κ2) is 5.07. The highest BCUT2D eigenvalue weighted by molar-refractivity contribution is 6.31. The van der Waals surface area contributed by atoms with Crippen molar-refractivity contribution in [3.05, 3.63) is 52.3 Å². The van der Waals surface area contributed by atoms with E-state index in [2.05, 4.69) is 18.8 Å². The molecule has 0 unspecified atom stereocenters. The Hall–Kier alpha value is -1.05. The summed E-state index contributed by atoms with van der Waals surface area (Å²) in [5.41, 5.74) is 2.95. The predicted molar refractivity (Wildman–Crippen MR) is 73.8 cm³/mol. The summed E-state index contributed by atoms with van der Waals surface area (Å²) in [5.74, 6) is 0.330. The van der Waals surface area contributed by atoms with Crippen molar-refractivity contribution in [2.75, 3.05) is 0 Å². The van der Waals surface area contributed by atoms with Crippen molar-refractivity contribution < 1.29 is 0 Å². The molecule has 0 atom stereocenters. The van der Waals surface area contributed by atoms with Crippen LogP contribution in [-0.2, 0) is 0 Å². The van der Waals surface area contributed by atoms with Crippen LogP contribution in [0.15, 0.2) is 36.5 Å². The Morgan fingerprint density at radius 3 is 2.41 bits per heavy atom. The molecule has 1 nitrogen and oxygen atoms in total. The van der Waals surface area contributed by atoms with Crippen molar-refractivity contribution in [2.24, 2.45) is 0 Å². The third-order valence-electron chi connectivity index (χ3n) is 2.57. The van der Waals surface area contributed by atoms with Crippen molar-refractivity contribution in [3.8, 4) is 11.1 Å². The molecule has 17 heavy (non-hydrogen) atoms. The zero-order valence-electron chi connectivity index (χ0n) is 9.74. The van der Waals surface area contributed by atoms with Crippen molar-refractivity contribution in [2.45, 2.75) is 19.8 Å². The van der Waals surface area contributed by atoms with Gasteiger partial charge < -0.3 is 0 Å². The minimum Gasteiger partial charge on any atom is -0.259 e. The van der Waals surface area contributed by atoms with Crippen LogP contribution in [0.1, 0.15) is 25.5 Å². The van der Waals surface area contributed by atoms with E-state index in [9.17, 15) is 0 Å². The van der Waals surface area contributed by atoms with E-state index >= 15 is 0 Å². The Morgan fingerprint density at radius 2 is 1.82 bits per heavy atom. The third-order valence-corrected chi connectivity index (χ3v) is 3.11. The zero-order chi connectivity index (χ0) is 12.4. The van der Waals surface area contributed by atoms with Crippen LogP contribution in [0, 0.1) is 0 Å². The number of benzene rings is 1. The van der Waals surface area contributed by atoms with Crippen LogP contribution in [0.3, 0.4) is 0 Å². The van der Waals surface area contributed by atoms with Gasteiger partial charge in [-0.2, -0.15) is 0 Å². The largest absolute Gasteiger partial charge is 0.259 e. The quantitative estimate of drug-likeness (QED) is 0.729. The normalized spacial score (nSPS) is 10.9. The molecule has 0 radical (unpaired) electrons. The van der Waals surface area contributed by atoms with Crippen molar-refractivity contribution in [1.29, 1.82) is 0 Å². The van der Waals surface area contributed by atoms with E-state index in [1.54, 1.807) is 0 Å². The first-order valence-electron chi connectivity index (χ1n) is 5.49. The smallest absolute Gasteiger partial charge is 0.0630 e. The second-order valence-electron chi connectivity index (χ2n) is 4.26. The first kappa shape index (κ1) is 12.4. The number of hydrogen-bond donors (Lipinski definition) is 0. The van der Waals surface area contributed by atoms with Crippen molar-refractivity contribution in [1.82, 2.24) is 4.98 Å². The van der Waals surface area contributed by atoms with Crippen molar-refractivity contribution >= 4 is 23.2 Å². The van der Waals surface area contributed by atoms with Gasteiger partial charge in [-0.15, -0.1) is 0 Å². The van der Waals surface area contributed by atoms with E-state index in [1.165, 1.54) is 0 Å². The maximum absolute atomic E-state index is 6.22. The van der Waals surface area contributed by atoms with Gasteiger partial charge in [0, 0.05) is 16.8 Å². The minimum absolute atomic E-state index is 0.330. The van der Waals surface area contributed by atoms with Gasteiger partial charge in [-0.25, -0.2) is 0 Å². The lowest BCUT2D eigenvalue weighted by Gasteiger charge is -2.09. The van der Waals surface area contributed by atoms with Gasteiger partial charge >= 0.3 is 0 Å². The summed E-state index contributed by atoms with van der Waals surface area (Å²) < 4.78 is 0. The summed E-state index contributed by atoms with van der Waals surface area (Å²) in [6, 6.07) is 9.61. The number of rotatable bonds is 2. The Labute approximate surface area is 111 Å². The van der Waals surface area contributed by atoms with Gasteiger partial charge in [0.15, 0.2) is 0 Å². The standard InChI is InChI=1S/C14H13Cl2N/c1-9(2)14-13(16)7-11(8-17-14)10-4-3-5-12(15)6-10/h3-9H,1-2H3. The summed E-state index contributed by atoms with van der Waals surface area (Å²) in [6.07, 6.45) is 1.84. The summed E-state index contributed by atoms with van der Waals surface area (Å²) in [6.45, 7) is 4.15. The Balaban J connectivity index is 2.44. The molecular weight excluding hydrogens is 253 g/mol. The number of hydrogen-bond acceptors (Lipinski definition) is 1. The van der Waals surface area contributed by atoms with Crippen LogP contribution >= 0.6 is 23.2 Å². The van der Waals surface area contributed by atoms with Gasteiger partial charge in [-0.05, 0) is 29.7 Å². The first-order chi connectivity index (χ1) is 8.08. The van der Waals surface area contributed by atoms with Crippen LogP contribution in [-0.4, -0.2) is 4.98 Å². The van der Waals surface area contributed by atoms with E-state index in [0.29, 0.717) is 16.0 Å². The maximum atomic E-state index is 6.22. The zero-order valence-corrected chi connectivity index (χ0v) is 11.3. The van der Waals surface area contributed by atoms with E-state index in [1.807, 2.05) is 36.5 Å². The number of nitrogens with zero attached hydrogens (tertiary/aromatic N) is 1. The van der Waals surface area contributed by atoms with Crippen LogP contribution in [0.5, 0.6) is 0 Å². The number of aromatic nitrogens is 1. The maximum Gasteiger partial charge on any atom is 0.0630 e. The number of halogens is 2. The van der Waals surface area contributed by atoms with Gasteiger partial charge in [0.05, 0.1) is 10.7 Å². The second-order valence-corrected chi connectivity index (χ2v) is 5.10. The summed E-state index contributed by atoms with van der Waals surface area (Å²) >= 11 is 12.2. The fourth-order valence-electron chi connectivity index (χ4n) is 1.70. The summed E-state index contributed by atoms with van der Waals surface area (Å²) in [4.78, 5) is 4.41. The Morgan fingerprint density at radius 1 is 1.06 bits per heavy atom. The highest BCUT2D eigenvalue weighted by Crippen LogP contribution is 2.28. The average molecular weight is 266 g/mol. The molecule has 0 fully saturated rings. The first-order valence-corrected chi connectivity index (χ1v) is 6.25. The van der Waals surface area contributed by atoms with E-state index < -0.39 is 0 Å². The fourth-order valence-corrected chi connectivity index (χ4v) is 2.27. The van der Waals surface area contributed by atoms with E-state index in [0.717, 1.165) is 16.8 Å². The highest BCUT2D eigenvalue weighted by Gasteiger charge is 2.08. The van der Waals surface area contributed by atoms with Crippen LogP contribution in [0.25, 0.3) is 11.1 Å². The molecule has 1 aromatic heterocycles. The summed E-state index contributed by atoms with van der Waals surface area (Å²) in [7, 11) is 0. The predicted octanol–water partition coefficient (Wildman–Crippen LogP) is 5.18. The topological polar surface area (TPSA) is 12.9 Å². The highest BCUT2D eigenvalue weighted by atomic mass is 35.5. The molecule has 88 valence electrons. The molecule has 2 rings (SSSR count). The molecular formula is C14H13Cl2N. The molecule has 0 N–H and O–H groups in total. The molecule has 0 saturated heterocycles. The average Bonchev–Trinajstić information content (AvgIpc) is 2.28. The lowest BCUT2D eigenvalue weighted by atomic mass is 10.0. The SMILES string of the molecule is CC(C)c1ncc(-c2cccc(Cl)c2)cc1Cl. The molecule has 0 amide bonds. The van der Waals surface area contributed by atoms with Crippen LogP contribution in [0.4, 0.5) is 0 Å². The van der Waals surface area contributed by atoms with E-state index in [4.69, 9.17) is 23.2 Å². The Kier molecular flexibility index (Phi) is 3.70. The summed E-state index contributed by atoms with van der Waals surface area (Å²) in [5, 5.41) is 1.42. The molecule has 0 spiro atoms. The number of pyridine rings is 1. The lowest BCUT2D eigenvalue weighted by Crippen LogP contribution is -1.94. The molecule has 0 saturated carbocycles. The van der Waals surface area contributed by atoms with Crippen LogP contribution in [0.2, 0.25) is 10.0 Å². The monoisotopic (exact) mass is 265 g/mol. The molecule has 1 aromatic carbocycles.